The molecule has 0 amide bonds. The normalized spacial score (nSPS) is 11.5. The van der Waals surface area contributed by atoms with Crippen molar-refractivity contribution < 1.29 is 4.52 Å². The first kappa shape index (κ1) is 8.05. The Morgan fingerprint density at radius 3 is 3.00 bits per heavy atom. The molecule has 0 aliphatic carbocycles. The highest BCUT2D eigenvalue weighted by molar-refractivity contribution is 5.85. The van der Waals surface area contributed by atoms with Gasteiger partial charge in [-0.3, -0.25) is 0 Å². The molecule has 0 aliphatic rings. The number of aromatic nitrogens is 1. The minimum atomic E-state index is 0.846. The molecule has 0 saturated carbocycles. The maximum atomic E-state index is 5.16. The van der Waals surface area contributed by atoms with Crippen LogP contribution in [0.3, 0.4) is 0 Å². The first-order valence-electron chi connectivity index (χ1n) is 4.30. The maximum absolute atomic E-state index is 5.16. The smallest absolute Gasteiger partial charge is 0.167 e. The van der Waals surface area contributed by atoms with Crippen LogP contribution in [-0.2, 0) is 0 Å². The Hall–Kier alpha value is -1.57. The van der Waals surface area contributed by atoms with Crippen molar-refractivity contribution in [3.05, 3.63) is 35.5 Å². The van der Waals surface area contributed by atoms with Gasteiger partial charge in [0, 0.05) is 5.39 Å². The molecule has 1 aromatic heterocycles. The van der Waals surface area contributed by atoms with Crippen molar-refractivity contribution in [1.29, 1.82) is 0 Å². The standard InChI is InChI=1S/C11H11NO/c1-3-4-10-9-7-8(2)5-6-11(9)13-12-10/h3-7H,1-2H3/b4-3+. The lowest BCUT2D eigenvalue weighted by molar-refractivity contribution is 0.454. The second kappa shape index (κ2) is 3.05. The molecule has 2 rings (SSSR count). The van der Waals surface area contributed by atoms with Gasteiger partial charge in [-0.25, -0.2) is 0 Å². The summed E-state index contributed by atoms with van der Waals surface area (Å²) in [6, 6.07) is 6.05. The zero-order valence-electron chi connectivity index (χ0n) is 7.74. The molecule has 0 radical (unpaired) electrons. The van der Waals surface area contributed by atoms with Gasteiger partial charge in [0.25, 0.3) is 0 Å². The predicted molar refractivity (Wildman–Crippen MR) is 53.5 cm³/mol. The summed E-state index contributed by atoms with van der Waals surface area (Å²) < 4.78 is 5.16. The topological polar surface area (TPSA) is 26.0 Å². The lowest BCUT2D eigenvalue weighted by Gasteiger charge is -1.90. The Morgan fingerprint density at radius 2 is 2.23 bits per heavy atom. The molecule has 0 saturated heterocycles. The van der Waals surface area contributed by atoms with Gasteiger partial charge < -0.3 is 4.52 Å². The van der Waals surface area contributed by atoms with Crippen LogP contribution >= 0.6 is 0 Å². The summed E-state index contributed by atoms with van der Waals surface area (Å²) in [7, 11) is 0. The third kappa shape index (κ3) is 1.35. The maximum Gasteiger partial charge on any atom is 0.167 e. The van der Waals surface area contributed by atoms with Gasteiger partial charge in [-0.15, -0.1) is 0 Å². The van der Waals surface area contributed by atoms with E-state index in [4.69, 9.17) is 4.52 Å². The van der Waals surface area contributed by atoms with Crippen molar-refractivity contribution in [2.75, 3.05) is 0 Å². The fraction of sp³-hybridized carbons (Fsp3) is 0.182. The molecule has 0 N–H and O–H groups in total. The zero-order valence-corrected chi connectivity index (χ0v) is 7.74. The summed E-state index contributed by atoms with van der Waals surface area (Å²) in [5.74, 6) is 0. The van der Waals surface area contributed by atoms with Gasteiger partial charge in [0.1, 0.15) is 5.69 Å². The number of allylic oxidation sites excluding steroid dienone is 1. The molecule has 2 nitrogen and oxygen atoms in total. The van der Waals surface area contributed by atoms with E-state index in [2.05, 4.69) is 18.1 Å². The second-order valence-electron chi connectivity index (χ2n) is 3.07. The highest BCUT2D eigenvalue weighted by Gasteiger charge is 2.03. The number of nitrogens with zero attached hydrogens (tertiary/aromatic N) is 1. The highest BCUT2D eigenvalue weighted by atomic mass is 16.5. The zero-order chi connectivity index (χ0) is 9.26. The van der Waals surface area contributed by atoms with Crippen LogP contribution in [0.1, 0.15) is 18.2 Å². The first-order chi connectivity index (χ1) is 6.31. The van der Waals surface area contributed by atoms with Gasteiger partial charge in [0.2, 0.25) is 0 Å². The van der Waals surface area contributed by atoms with E-state index in [-0.39, 0.29) is 0 Å². The van der Waals surface area contributed by atoms with Crippen molar-refractivity contribution in [3.8, 4) is 0 Å². The van der Waals surface area contributed by atoms with E-state index in [0.717, 1.165) is 16.7 Å². The van der Waals surface area contributed by atoms with Crippen molar-refractivity contribution in [1.82, 2.24) is 5.16 Å². The Bertz CT molecular complexity index is 454. The van der Waals surface area contributed by atoms with Crippen molar-refractivity contribution in [3.63, 3.8) is 0 Å². The number of benzene rings is 1. The SMILES string of the molecule is C/C=C/c1noc2ccc(C)cc12. The molecule has 2 aromatic rings. The average molecular weight is 173 g/mol. The van der Waals surface area contributed by atoms with Crippen molar-refractivity contribution in [2.45, 2.75) is 13.8 Å². The third-order valence-corrected chi connectivity index (χ3v) is 1.98. The van der Waals surface area contributed by atoms with Gasteiger partial charge in [-0.1, -0.05) is 22.9 Å². The summed E-state index contributed by atoms with van der Waals surface area (Å²) >= 11 is 0. The minimum Gasteiger partial charge on any atom is -0.356 e. The molecule has 0 atom stereocenters. The molecule has 66 valence electrons. The molecule has 1 heterocycles. The molecular weight excluding hydrogens is 162 g/mol. The monoisotopic (exact) mass is 173 g/mol. The van der Waals surface area contributed by atoms with E-state index in [9.17, 15) is 0 Å². The molecule has 0 fully saturated rings. The Balaban J connectivity index is 2.71. The molecule has 13 heavy (non-hydrogen) atoms. The van der Waals surface area contributed by atoms with Crippen molar-refractivity contribution >= 4 is 17.0 Å². The van der Waals surface area contributed by atoms with Gasteiger partial charge >= 0.3 is 0 Å². The number of rotatable bonds is 1. The van der Waals surface area contributed by atoms with Crippen LogP contribution in [0.25, 0.3) is 17.0 Å². The average Bonchev–Trinajstić information content (AvgIpc) is 2.49. The van der Waals surface area contributed by atoms with E-state index in [0.29, 0.717) is 0 Å². The number of fused-ring (bicyclic) bond motifs is 1. The summed E-state index contributed by atoms with van der Waals surface area (Å²) in [5.41, 5.74) is 2.97. The molecule has 0 aliphatic heterocycles. The van der Waals surface area contributed by atoms with Crippen molar-refractivity contribution in [2.24, 2.45) is 0 Å². The number of hydrogen-bond donors (Lipinski definition) is 0. The van der Waals surface area contributed by atoms with Crippen LogP contribution in [0.2, 0.25) is 0 Å². The summed E-state index contributed by atoms with van der Waals surface area (Å²) in [6.07, 6.45) is 3.91. The third-order valence-electron chi connectivity index (χ3n) is 1.98. The Labute approximate surface area is 76.8 Å². The van der Waals surface area contributed by atoms with Crippen LogP contribution in [0, 0.1) is 6.92 Å². The Kier molecular flexibility index (Phi) is 1.89. The summed E-state index contributed by atoms with van der Waals surface area (Å²) in [4.78, 5) is 0. The quantitative estimate of drug-likeness (QED) is 0.662. The van der Waals surface area contributed by atoms with Crippen LogP contribution in [0.15, 0.2) is 28.8 Å². The molecular formula is C11H11NO. The second-order valence-corrected chi connectivity index (χ2v) is 3.07. The van der Waals surface area contributed by atoms with Gasteiger partial charge in [-0.05, 0) is 32.1 Å². The van der Waals surface area contributed by atoms with Crippen LogP contribution in [0.5, 0.6) is 0 Å². The Morgan fingerprint density at radius 1 is 1.38 bits per heavy atom. The summed E-state index contributed by atoms with van der Waals surface area (Å²) in [6.45, 7) is 4.03. The van der Waals surface area contributed by atoms with E-state index in [1.165, 1.54) is 5.56 Å². The van der Waals surface area contributed by atoms with Gasteiger partial charge in [0.05, 0.1) is 0 Å². The number of hydrogen-bond acceptors (Lipinski definition) is 2. The first-order valence-corrected chi connectivity index (χ1v) is 4.30. The molecule has 1 aromatic carbocycles. The fourth-order valence-electron chi connectivity index (χ4n) is 1.35. The van der Waals surface area contributed by atoms with E-state index < -0.39 is 0 Å². The molecule has 0 unspecified atom stereocenters. The number of aryl methyl sites for hydroxylation is 1. The van der Waals surface area contributed by atoms with Crippen LogP contribution < -0.4 is 0 Å². The van der Waals surface area contributed by atoms with E-state index in [1.807, 2.05) is 31.2 Å². The summed E-state index contributed by atoms with van der Waals surface area (Å²) in [5, 5.41) is 5.05. The molecule has 2 heteroatoms. The fourth-order valence-corrected chi connectivity index (χ4v) is 1.35. The minimum absolute atomic E-state index is 0.846. The lowest BCUT2D eigenvalue weighted by atomic mass is 10.1. The van der Waals surface area contributed by atoms with Gasteiger partial charge in [-0.2, -0.15) is 0 Å². The van der Waals surface area contributed by atoms with E-state index >= 15 is 0 Å². The van der Waals surface area contributed by atoms with E-state index in [1.54, 1.807) is 0 Å². The van der Waals surface area contributed by atoms with Crippen LogP contribution in [0.4, 0.5) is 0 Å². The van der Waals surface area contributed by atoms with Gasteiger partial charge in [0.15, 0.2) is 5.58 Å². The molecule has 0 bridgehead atoms. The van der Waals surface area contributed by atoms with Crippen LogP contribution in [-0.4, -0.2) is 5.16 Å². The lowest BCUT2D eigenvalue weighted by Crippen LogP contribution is -1.73. The largest absolute Gasteiger partial charge is 0.356 e. The molecule has 0 spiro atoms. The predicted octanol–water partition coefficient (Wildman–Crippen LogP) is 3.17. The highest BCUT2D eigenvalue weighted by Crippen LogP contribution is 2.20.